The fourth-order valence-corrected chi connectivity index (χ4v) is 2.03. The molecule has 0 bridgehead atoms. The topological polar surface area (TPSA) is 59.2 Å². The summed E-state index contributed by atoms with van der Waals surface area (Å²) in [6.07, 6.45) is -5.15. The summed E-state index contributed by atoms with van der Waals surface area (Å²) in [4.78, 5) is 16.1. The normalized spacial score (nSPS) is 23.7. The van der Waals surface area contributed by atoms with Crippen molar-refractivity contribution < 1.29 is 22.4 Å². The number of rotatable bonds is 2. The maximum Gasteiger partial charge on any atom is 0.417 e. The molecule has 0 radical (unpaired) electrons. The van der Waals surface area contributed by atoms with E-state index in [2.05, 4.69) is 4.98 Å². The van der Waals surface area contributed by atoms with Gasteiger partial charge in [-0.3, -0.25) is 4.79 Å². The highest BCUT2D eigenvalue weighted by Gasteiger charge is 2.37. The molecule has 1 aliphatic heterocycles. The monoisotopic (exact) mass is 277 g/mol. The van der Waals surface area contributed by atoms with E-state index in [9.17, 15) is 22.4 Å². The third kappa shape index (κ3) is 2.77. The smallest absolute Gasteiger partial charge is 0.368 e. The minimum atomic E-state index is -4.48. The Morgan fingerprint density at radius 3 is 2.58 bits per heavy atom. The Hall–Kier alpha value is -1.86. The summed E-state index contributed by atoms with van der Waals surface area (Å²) in [5.74, 6) is -0.612. The lowest BCUT2D eigenvalue weighted by Gasteiger charge is -2.22. The molecule has 0 aliphatic carbocycles. The Balaban J connectivity index is 2.24. The minimum absolute atomic E-state index is 0.0714. The van der Waals surface area contributed by atoms with Crippen LogP contribution in [0.4, 0.5) is 23.4 Å². The molecule has 0 unspecified atom stereocenters. The number of aromatic nitrogens is 1. The first-order valence-corrected chi connectivity index (χ1v) is 5.52. The minimum Gasteiger partial charge on any atom is -0.368 e. The molecule has 19 heavy (non-hydrogen) atoms. The highest BCUT2D eigenvalue weighted by molar-refractivity contribution is 5.84. The summed E-state index contributed by atoms with van der Waals surface area (Å²) in [7, 11) is 0. The van der Waals surface area contributed by atoms with Crippen LogP contribution in [0.5, 0.6) is 0 Å². The summed E-state index contributed by atoms with van der Waals surface area (Å²) in [6, 6.07) is 1.07. The van der Waals surface area contributed by atoms with E-state index in [0.717, 1.165) is 12.1 Å². The van der Waals surface area contributed by atoms with Gasteiger partial charge in [-0.2, -0.15) is 13.2 Å². The van der Waals surface area contributed by atoms with Crippen LogP contribution in [0, 0.1) is 0 Å². The molecular weight excluding hydrogens is 266 g/mol. The van der Waals surface area contributed by atoms with Crippen LogP contribution in [-0.4, -0.2) is 29.6 Å². The molecule has 1 aliphatic rings. The molecule has 2 atom stereocenters. The lowest BCUT2D eigenvalue weighted by atomic mass is 10.2. The van der Waals surface area contributed by atoms with Crippen molar-refractivity contribution in [2.75, 3.05) is 11.4 Å². The second kappa shape index (κ2) is 4.67. The number of hydrogen-bond donors (Lipinski definition) is 1. The van der Waals surface area contributed by atoms with Gasteiger partial charge in [0.25, 0.3) is 0 Å². The van der Waals surface area contributed by atoms with Crippen molar-refractivity contribution in [2.24, 2.45) is 5.73 Å². The van der Waals surface area contributed by atoms with E-state index in [1.807, 2.05) is 0 Å². The molecule has 2 N–H and O–H groups in total. The average Bonchev–Trinajstić information content (AvgIpc) is 2.70. The number of halogens is 4. The standard InChI is InChI=1S/C11H11F4N3O/c12-7-3-8(10(16)19)18(5-7)9-2-1-6(4-17-9)11(13,14)15/h1-2,4,7-8H,3,5H2,(H2,16,19)/t7-,8+/m1/s1. The molecule has 1 amide bonds. The van der Waals surface area contributed by atoms with Crippen molar-refractivity contribution in [3.63, 3.8) is 0 Å². The van der Waals surface area contributed by atoms with E-state index in [1.165, 1.54) is 4.90 Å². The Bertz CT molecular complexity index is 474. The van der Waals surface area contributed by atoms with Crippen LogP contribution in [-0.2, 0) is 11.0 Å². The Morgan fingerprint density at radius 2 is 2.11 bits per heavy atom. The fourth-order valence-electron chi connectivity index (χ4n) is 2.03. The predicted molar refractivity (Wildman–Crippen MR) is 59.1 cm³/mol. The van der Waals surface area contributed by atoms with Gasteiger partial charge in [-0.1, -0.05) is 0 Å². The number of nitrogens with zero attached hydrogens (tertiary/aromatic N) is 2. The van der Waals surface area contributed by atoms with E-state index in [-0.39, 0.29) is 18.8 Å². The van der Waals surface area contributed by atoms with Crippen molar-refractivity contribution in [3.8, 4) is 0 Å². The number of pyridine rings is 1. The molecule has 8 heteroatoms. The van der Waals surface area contributed by atoms with Crippen molar-refractivity contribution in [1.82, 2.24) is 4.98 Å². The highest BCUT2D eigenvalue weighted by atomic mass is 19.4. The third-order valence-electron chi connectivity index (χ3n) is 2.95. The van der Waals surface area contributed by atoms with Crippen molar-refractivity contribution >= 4 is 11.7 Å². The van der Waals surface area contributed by atoms with E-state index < -0.39 is 29.9 Å². The zero-order valence-corrected chi connectivity index (χ0v) is 9.69. The van der Waals surface area contributed by atoms with Gasteiger partial charge >= 0.3 is 6.18 Å². The second-order valence-corrected chi connectivity index (χ2v) is 4.31. The maximum atomic E-state index is 13.3. The molecule has 1 aromatic rings. The van der Waals surface area contributed by atoms with Gasteiger partial charge in [0.05, 0.1) is 12.1 Å². The van der Waals surface area contributed by atoms with Crippen LogP contribution in [0.2, 0.25) is 0 Å². The van der Waals surface area contributed by atoms with Crippen LogP contribution < -0.4 is 10.6 Å². The van der Waals surface area contributed by atoms with Gasteiger partial charge in [0.15, 0.2) is 0 Å². The summed E-state index contributed by atoms with van der Waals surface area (Å²) in [6.45, 7) is -0.105. The molecule has 0 saturated carbocycles. The average molecular weight is 277 g/mol. The lowest BCUT2D eigenvalue weighted by molar-refractivity contribution is -0.137. The molecular formula is C11H11F4N3O. The Kier molecular flexibility index (Phi) is 3.34. The van der Waals surface area contributed by atoms with Gasteiger partial charge in [-0.15, -0.1) is 0 Å². The number of amides is 1. The number of anilines is 1. The summed E-state index contributed by atoms with van der Waals surface area (Å²) in [5, 5.41) is 0. The number of primary amides is 1. The van der Waals surface area contributed by atoms with E-state index in [4.69, 9.17) is 5.73 Å². The number of nitrogens with two attached hydrogens (primary N) is 1. The van der Waals surface area contributed by atoms with Gasteiger partial charge in [0.2, 0.25) is 5.91 Å². The molecule has 1 saturated heterocycles. The molecule has 1 aromatic heterocycles. The molecule has 0 aromatic carbocycles. The van der Waals surface area contributed by atoms with Crippen molar-refractivity contribution in [1.29, 1.82) is 0 Å². The van der Waals surface area contributed by atoms with Gasteiger partial charge in [-0.25, -0.2) is 9.37 Å². The number of carbonyl (C=O) groups excluding carboxylic acids is 1. The van der Waals surface area contributed by atoms with Gasteiger partial charge < -0.3 is 10.6 Å². The quantitative estimate of drug-likeness (QED) is 0.833. The molecule has 2 heterocycles. The first kappa shape index (κ1) is 13.6. The predicted octanol–water partition coefficient (Wildman–Crippen LogP) is 1.50. The van der Waals surface area contributed by atoms with Crippen LogP contribution in [0.3, 0.4) is 0 Å². The van der Waals surface area contributed by atoms with Gasteiger partial charge in [0, 0.05) is 12.6 Å². The number of alkyl halides is 4. The largest absolute Gasteiger partial charge is 0.417 e. The summed E-state index contributed by atoms with van der Waals surface area (Å²) < 4.78 is 50.4. The first-order valence-electron chi connectivity index (χ1n) is 5.52. The zero-order chi connectivity index (χ0) is 14.2. The van der Waals surface area contributed by atoms with Crippen LogP contribution in [0.1, 0.15) is 12.0 Å². The lowest BCUT2D eigenvalue weighted by Crippen LogP contribution is -2.40. The number of hydrogen-bond acceptors (Lipinski definition) is 3. The second-order valence-electron chi connectivity index (χ2n) is 4.31. The SMILES string of the molecule is NC(=O)[C@@H]1C[C@@H](F)CN1c1ccc(C(F)(F)F)cn1. The fraction of sp³-hybridized carbons (Fsp3) is 0.455. The highest BCUT2D eigenvalue weighted by Crippen LogP contribution is 2.31. The molecule has 2 rings (SSSR count). The maximum absolute atomic E-state index is 13.3. The van der Waals surface area contributed by atoms with Crippen LogP contribution in [0.15, 0.2) is 18.3 Å². The van der Waals surface area contributed by atoms with Gasteiger partial charge in [-0.05, 0) is 12.1 Å². The van der Waals surface area contributed by atoms with Crippen molar-refractivity contribution in [3.05, 3.63) is 23.9 Å². The van der Waals surface area contributed by atoms with E-state index in [0.29, 0.717) is 6.20 Å². The molecule has 0 spiro atoms. The van der Waals surface area contributed by atoms with Gasteiger partial charge in [0.1, 0.15) is 18.0 Å². The summed E-state index contributed by atoms with van der Waals surface area (Å²) >= 11 is 0. The molecule has 4 nitrogen and oxygen atoms in total. The van der Waals surface area contributed by atoms with E-state index in [1.54, 1.807) is 0 Å². The zero-order valence-electron chi connectivity index (χ0n) is 9.69. The molecule has 1 fully saturated rings. The van der Waals surface area contributed by atoms with Crippen LogP contribution in [0.25, 0.3) is 0 Å². The third-order valence-corrected chi connectivity index (χ3v) is 2.95. The van der Waals surface area contributed by atoms with Crippen LogP contribution >= 0.6 is 0 Å². The Morgan fingerprint density at radius 1 is 1.42 bits per heavy atom. The van der Waals surface area contributed by atoms with E-state index >= 15 is 0 Å². The summed E-state index contributed by atoms with van der Waals surface area (Å²) in [5.41, 5.74) is 4.23. The Labute approximate surface area is 106 Å². The van der Waals surface area contributed by atoms with Crippen molar-refractivity contribution in [2.45, 2.75) is 24.8 Å². The molecule has 104 valence electrons. The first-order chi connectivity index (χ1) is 8.79. The number of carbonyl (C=O) groups is 1.